The van der Waals surface area contributed by atoms with E-state index < -0.39 is 0 Å². The topological polar surface area (TPSA) is 87.7 Å². The van der Waals surface area contributed by atoms with Gasteiger partial charge in [0, 0.05) is 17.4 Å². The number of hydrogen-bond donors (Lipinski definition) is 3. The second kappa shape index (κ2) is 7.23. The van der Waals surface area contributed by atoms with Crippen LogP contribution in [0.15, 0.2) is 27.8 Å². The number of oxime groups is 1. The number of halogens is 2. The third-order valence-electron chi connectivity index (χ3n) is 2.20. The van der Waals surface area contributed by atoms with Gasteiger partial charge >= 0.3 is 0 Å². The highest BCUT2D eigenvalue weighted by molar-refractivity contribution is 9.10. The van der Waals surface area contributed by atoms with Gasteiger partial charge in [0.05, 0.1) is 10.6 Å². The number of amidine groups is 1. The van der Waals surface area contributed by atoms with E-state index >= 15 is 0 Å². The van der Waals surface area contributed by atoms with Crippen molar-refractivity contribution in [3.8, 4) is 0 Å². The Labute approximate surface area is 118 Å². The molecule has 5 nitrogen and oxygen atoms in total. The molecule has 1 amide bonds. The number of carbonyl (C=O) groups excluding carboxylic acids is 1. The molecule has 0 aliphatic rings. The van der Waals surface area contributed by atoms with E-state index in [1.807, 2.05) is 0 Å². The van der Waals surface area contributed by atoms with Crippen LogP contribution in [0, 0.1) is 0 Å². The lowest BCUT2D eigenvalue weighted by atomic mass is 10.2. The molecule has 0 heterocycles. The smallest absolute Gasteiger partial charge is 0.252 e. The highest BCUT2D eigenvalue weighted by Gasteiger charge is 2.09. The molecule has 0 fully saturated rings. The van der Waals surface area contributed by atoms with Gasteiger partial charge in [-0.2, -0.15) is 0 Å². The summed E-state index contributed by atoms with van der Waals surface area (Å²) >= 11 is 9.21. The van der Waals surface area contributed by atoms with E-state index in [0.29, 0.717) is 30.0 Å². The molecule has 7 heteroatoms. The summed E-state index contributed by atoms with van der Waals surface area (Å²) in [4.78, 5) is 11.8. The number of carbonyl (C=O) groups is 1. The summed E-state index contributed by atoms with van der Waals surface area (Å²) in [6.45, 7) is 0.432. The molecule has 1 rings (SSSR count). The Morgan fingerprint density at radius 3 is 2.89 bits per heavy atom. The molecule has 0 saturated heterocycles. The van der Waals surface area contributed by atoms with Gasteiger partial charge in [0.1, 0.15) is 5.84 Å². The summed E-state index contributed by atoms with van der Waals surface area (Å²) in [6, 6.07) is 5.05. The number of benzene rings is 1. The summed E-state index contributed by atoms with van der Waals surface area (Å²) in [6.07, 6.45) is 1.01. The van der Waals surface area contributed by atoms with Gasteiger partial charge in [0.2, 0.25) is 0 Å². The van der Waals surface area contributed by atoms with E-state index in [0.717, 1.165) is 4.47 Å². The molecular formula is C11H13BrClN3O2. The van der Waals surface area contributed by atoms with Gasteiger partial charge in [0.25, 0.3) is 5.91 Å². The zero-order chi connectivity index (χ0) is 13.5. The number of nitrogens with zero attached hydrogens (tertiary/aromatic N) is 1. The molecule has 1 aromatic carbocycles. The third kappa shape index (κ3) is 4.54. The van der Waals surface area contributed by atoms with Crippen LogP contribution in [0.5, 0.6) is 0 Å². The average Bonchev–Trinajstić information content (AvgIpc) is 2.34. The summed E-state index contributed by atoms with van der Waals surface area (Å²) in [5.74, 6) is -0.0991. The van der Waals surface area contributed by atoms with Crippen LogP contribution in [0.1, 0.15) is 23.2 Å². The minimum absolute atomic E-state index is 0.144. The van der Waals surface area contributed by atoms with Gasteiger partial charge in [-0.25, -0.2) is 0 Å². The van der Waals surface area contributed by atoms with Crippen molar-refractivity contribution in [3.63, 3.8) is 0 Å². The van der Waals surface area contributed by atoms with Gasteiger partial charge in [0.15, 0.2) is 0 Å². The maximum absolute atomic E-state index is 11.8. The highest BCUT2D eigenvalue weighted by atomic mass is 79.9. The Hall–Kier alpha value is -1.27. The Balaban J connectivity index is 2.46. The Kier molecular flexibility index (Phi) is 5.94. The lowest BCUT2D eigenvalue weighted by molar-refractivity contribution is 0.0953. The van der Waals surface area contributed by atoms with Crippen molar-refractivity contribution in [3.05, 3.63) is 33.3 Å². The largest absolute Gasteiger partial charge is 0.409 e. The number of nitrogens with two attached hydrogens (primary N) is 1. The Morgan fingerprint density at radius 2 is 2.28 bits per heavy atom. The standard InChI is InChI=1S/C11H13BrClN3O2/c12-7-3-4-8(9(13)6-7)11(17)15-5-1-2-10(14)16-18/h3-4,6,18H,1-2,5H2,(H2,14,16)(H,15,17). The Bertz CT molecular complexity index is 466. The van der Waals surface area contributed by atoms with Crippen molar-refractivity contribution in [1.82, 2.24) is 5.32 Å². The molecule has 0 saturated carbocycles. The van der Waals surface area contributed by atoms with Crippen LogP contribution in [0.3, 0.4) is 0 Å². The molecule has 0 radical (unpaired) electrons. The predicted molar refractivity (Wildman–Crippen MR) is 74.1 cm³/mol. The van der Waals surface area contributed by atoms with Crippen LogP contribution in [-0.4, -0.2) is 23.5 Å². The minimum Gasteiger partial charge on any atom is -0.409 e. The van der Waals surface area contributed by atoms with Gasteiger partial charge < -0.3 is 16.3 Å². The molecule has 0 bridgehead atoms. The normalized spacial score (nSPS) is 11.3. The summed E-state index contributed by atoms with van der Waals surface area (Å²) in [7, 11) is 0. The average molecular weight is 335 g/mol. The van der Waals surface area contributed by atoms with Crippen molar-refractivity contribution < 1.29 is 10.0 Å². The Morgan fingerprint density at radius 1 is 1.56 bits per heavy atom. The van der Waals surface area contributed by atoms with E-state index in [9.17, 15) is 4.79 Å². The summed E-state index contributed by atoms with van der Waals surface area (Å²) in [5.41, 5.74) is 5.72. The fraction of sp³-hybridized carbons (Fsp3) is 0.273. The fourth-order valence-electron chi connectivity index (χ4n) is 1.29. The fourth-order valence-corrected chi connectivity index (χ4v) is 2.05. The van der Waals surface area contributed by atoms with Crippen LogP contribution in [0.2, 0.25) is 5.02 Å². The molecule has 0 unspecified atom stereocenters. The van der Waals surface area contributed by atoms with Crippen molar-refractivity contribution in [2.24, 2.45) is 10.9 Å². The van der Waals surface area contributed by atoms with Crippen molar-refractivity contribution >= 4 is 39.3 Å². The van der Waals surface area contributed by atoms with E-state index in [-0.39, 0.29) is 11.7 Å². The first kappa shape index (κ1) is 14.8. The second-order valence-corrected chi connectivity index (χ2v) is 4.90. The molecule has 0 spiro atoms. The third-order valence-corrected chi connectivity index (χ3v) is 3.01. The maximum atomic E-state index is 11.8. The number of hydrogen-bond acceptors (Lipinski definition) is 3. The number of amides is 1. The lowest BCUT2D eigenvalue weighted by Crippen LogP contribution is -2.25. The molecule has 0 aliphatic heterocycles. The first-order valence-corrected chi connectivity index (χ1v) is 6.41. The predicted octanol–water partition coefficient (Wildman–Crippen LogP) is 2.36. The molecule has 4 N–H and O–H groups in total. The maximum Gasteiger partial charge on any atom is 0.252 e. The van der Waals surface area contributed by atoms with E-state index in [2.05, 4.69) is 26.4 Å². The van der Waals surface area contributed by atoms with Crippen molar-refractivity contribution in [2.75, 3.05) is 6.54 Å². The number of rotatable bonds is 5. The van der Waals surface area contributed by atoms with Gasteiger partial charge in [-0.05, 0) is 24.6 Å². The molecule has 0 aromatic heterocycles. The zero-order valence-electron chi connectivity index (χ0n) is 9.49. The van der Waals surface area contributed by atoms with Gasteiger partial charge in [-0.15, -0.1) is 0 Å². The van der Waals surface area contributed by atoms with Gasteiger partial charge in [-0.1, -0.05) is 32.7 Å². The molecule has 98 valence electrons. The van der Waals surface area contributed by atoms with Crippen LogP contribution < -0.4 is 11.1 Å². The second-order valence-electron chi connectivity index (χ2n) is 3.57. The van der Waals surface area contributed by atoms with E-state index in [1.54, 1.807) is 18.2 Å². The van der Waals surface area contributed by atoms with E-state index in [1.165, 1.54) is 0 Å². The molecule has 1 aromatic rings. The van der Waals surface area contributed by atoms with Crippen LogP contribution in [0.25, 0.3) is 0 Å². The molecule has 0 atom stereocenters. The van der Waals surface area contributed by atoms with Crippen molar-refractivity contribution in [2.45, 2.75) is 12.8 Å². The monoisotopic (exact) mass is 333 g/mol. The summed E-state index contributed by atoms with van der Waals surface area (Å²) in [5, 5.41) is 14.3. The quantitative estimate of drug-likeness (QED) is 0.254. The molecule has 18 heavy (non-hydrogen) atoms. The first-order chi connectivity index (χ1) is 8.54. The van der Waals surface area contributed by atoms with Crippen LogP contribution >= 0.6 is 27.5 Å². The van der Waals surface area contributed by atoms with E-state index in [4.69, 9.17) is 22.5 Å². The van der Waals surface area contributed by atoms with Crippen molar-refractivity contribution in [1.29, 1.82) is 0 Å². The molecule has 0 aliphatic carbocycles. The molecular weight excluding hydrogens is 321 g/mol. The van der Waals surface area contributed by atoms with Crippen LogP contribution in [-0.2, 0) is 0 Å². The number of nitrogens with one attached hydrogen (secondary N) is 1. The lowest BCUT2D eigenvalue weighted by Gasteiger charge is -2.06. The first-order valence-electron chi connectivity index (χ1n) is 5.24. The van der Waals surface area contributed by atoms with Crippen LogP contribution in [0.4, 0.5) is 0 Å². The highest BCUT2D eigenvalue weighted by Crippen LogP contribution is 2.21. The minimum atomic E-state index is -0.244. The SMILES string of the molecule is N/C(CCCNC(=O)c1ccc(Br)cc1Cl)=N/O. The summed E-state index contributed by atoms with van der Waals surface area (Å²) < 4.78 is 0.816. The zero-order valence-corrected chi connectivity index (χ0v) is 11.8. The van der Waals surface area contributed by atoms with Gasteiger partial charge in [-0.3, -0.25) is 4.79 Å².